The number of nitrogens with zero attached hydrogens (tertiary/aromatic N) is 2. The average Bonchev–Trinajstić information content (AvgIpc) is 2.69. The Balaban J connectivity index is 1.51. The maximum absolute atomic E-state index is 12.4. The molecule has 2 aromatic rings. The number of benzene rings is 2. The molecule has 7 nitrogen and oxygen atoms in total. The predicted octanol–water partition coefficient (Wildman–Crippen LogP) is 3.01. The van der Waals surface area contributed by atoms with Gasteiger partial charge in [0.1, 0.15) is 5.75 Å². The molecule has 0 spiro atoms. The van der Waals surface area contributed by atoms with Gasteiger partial charge in [0, 0.05) is 50.2 Å². The molecule has 142 valence electrons. The second-order valence-electron chi connectivity index (χ2n) is 6.36. The average molecular weight is 368 g/mol. The second-order valence-corrected chi connectivity index (χ2v) is 6.36. The standard InChI is InChI=1S/C20H24N4O3/c1-15(25)21-16-3-7-18(8-4-16)23-11-13-24(14-12-23)20(26)22-17-5-9-19(27-2)10-6-17/h3-10H,11-14H2,1-2H3,(H,21,25)(H,22,26). The van der Waals surface area contributed by atoms with Gasteiger partial charge in [0.15, 0.2) is 0 Å². The highest BCUT2D eigenvalue weighted by atomic mass is 16.5. The number of methoxy groups -OCH3 is 1. The second kappa shape index (κ2) is 8.44. The zero-order valence-electron chi connectivity index (χ0n) is 15.6. The van der Waals surface area contributed by atoms with Gasteiger partial charge in [0.2, 0.25) is 5.91 Å². The molecule has 0 aliphatic carbocycles. The number of rotatable bonds is 4. The molecule has 2 N–H and O–H groups in total. The first-order valence-corrected chi connectivity index (χ1v) is 8.88. The normalized spacial score (nSPS) is 13.9. The van der Waals surface area contributed by atoms with Crippen LogP contribution in [0.5, 0.6) is 5.75 Å². The number of ether oxygens (including phenoxy) is 1. The Morgan fingerprint density at radius 2 is 1.41 bits per heavy atom. The van der Waals surface area contributed by atoms with Crippen molar-refractivity contribution in [2.45, 2.75) is 6.92 Å². The Hall–Kier alpha value is -3.22. The number of anilines is 3. The van der Waals surface area contributed by atoms with E-state index >= 15 is 0 Å². The van der Waals surface area contributed by atoms with Crippen LogP contribution in [0, 0.1) is 0 Å². The summed E-state index contributed by atoms with van der Waals surface area (Å²) in [4.78, 5) is 27.6. The Morgan fingerprint density at radius 3 is 1.96 bits per heavy atom. The minimum absolute atomic E-state index is 0.0840. The van der Waals surface area contributed by atoms with Crippen LogP contribution in [0.15, 0.2) is 48.5 Å². The van der Waals surface area contributed by atoms with E-state index in [0.29, 0.717) is 13.1 Å². The number of nitrogens with one attached hydrogen (secondary N) is 2. The molecule has 3 amide bonds. The highest BCUT2D eigenvalue weighted by Gasteiger charge is 2.21. The van der Waals surface area contributed by atoms with Gasteiger partial charge >= 0.3 is 6.03 Å². The number of hydrogen-bond donors (Lipinski definition) is 2. The number of amides is 3. The first-order chi connectivity index (χ1) is 13.0. The number of carbonyl (C=O) groups excluding carboxylic acids is 2. The zero-order valence-corrected chi connectivity index (χ0v) is 15.6. The summed E-state index contributed by atoms with van der Waals surface area (Å²) in [6, 6.07) is 14.9. The number of urea groups is 1. The quantitative estimate of drug-likeness (QED) is 0.870. The van der Waals surface area contributed by atoms with Crippen molar-refractivity contribution in [3.8, 4) is 5.75 Å². The van der Waals surface area contributed by atoms with Crippen LogP contribution in [-0.4, -0.2) is 50.1 Å². The first-order valence-electron chi connectivity index (χ1n) is 8.88. The summed E-state index contributed by atoms with van der Waals surface area (Å²) in [6.07, 6.45) is 0. The zero-order chi connectivity index (χ0) is 19.2. The molecule has 3 rings (SSSR count). The van der Waals surface area contributed by atoms with Crippen molar-refractivity contribution in [1.82, 2.24) is 4.90 Å². The summed E-state index contributed by atoms with van der Waals surface area (Å²) in [5, 5.41) is 5.68. The van der Waals surface area contributed by atoms with Crippen molar-refractivity contribution < 1.29 is 14.3 Å². The van der Waals surface area contributed by atoms with E-state index in [1.807, 2.05) is 53.4 Å². The fourth-order valence-corrected chi connectivity index (χ4v) is 3.00. The molecule has 0 aromatic heterocycles. The molecule has 0 bridgehead atoms. The van der Waals surface area contributed by atoms with E-state index < -0.39 is 0 Å². The minimum atomic E-state index is -0.0965. The molecule has 1 aliphatic heterocycles. The topological polar surface area (TPSA) is 73.9 Å². The van der Waals surface area contributed by atoms with Gasteiger partial charge < -0.3 is 25.2 Å². The molecule has 27 heavy (non-hydrogen) atoms. The highest BCUT2D eigenvalue weighted by Crippen LogP contribution is 2.20. The molecule has 1 aliphatic rings. The van der Waals surface area contributed by atoms with Crippen molar-refractivity contribution >= 4 is 29.0 Å². The number of carbonyl (C=O) groups is 2. The Bertz CT molecular complexity index is 782. The summed E-state index contributed by atoms with van der Waals surface area (Å²) < 4.78 is 5.12. The van der Waals surface area contributed by atoms with Crippen molar-refractivity contribution in [2.24, 2.45) is 0 Å². The van der Waals surface area contributed by atoms with Gasteiger partial charge in [-0.3, -0.25) is 4.79 Å². The third kappa shape index (κ3) is 4.91. The summed E-state index contributed by atoms with van der Waals surface area (Å²) >= 11 is 0. The lowest BCUT2D eigenvalue weighted by Crippen LogP contribution is -2.50. The van der Waals surface area contributed by atoms with Crippen LogP contribution in [0.25, 0.3) is 0 Å². The molecular formula is C20H24N4O3. The van der Waals surface area contributed by atoms with Gasteiger partial charge in [-0.05, 0) is 48.5 Å². The van der Waals surface area contributed by atoms with Crippen LogP contribution in [0.2, 0.25) is 0 Å². The van der Waals surface area contributed by atoms with E-state index in [9.17, 15) is 9.59 Å². The number of hydrogen-bond acceptors (Lipinski definition) is 4. The van der Waals surface area contributed by atoms with Crippen LogP contribution in [0.1, 0.15) is 6.92 Å². The maximum Gasteiger partial charge on any atom is 0.321 e. The van der Waals surface area contributed by atoms with E-state index in [1.165, 1.54) is 6.92 Å². The molecule has 1 heterocycles. The summed E-state index contributed by atoms with van der Waals surface area (Å²) in [5.74, 6) is 0.672. The lowest BCUT2D eigenvalue weighted by Gasteiger charge is -2.36. The SMILES string of the molecule is COc1ccc(NC(=O)N2CCN(c3ccc(NC(C)=O)cc3)CC2)cc1. The molecule has 0 radical (unpaired) electrons. The molecule has 0 unspecified atom stereocenters. The molecule has 1 fully saturated rings. The largest absolute Gasteiger partial charge is 0.497 e. The van der Waals surface area contributed by atoms with Gasteiger partial charge in [-0.2, -0.15) is 0 Å². The van der Waals surface area contributed by atoms with Crippen LogP contribution >= 0.6 is 0 Å². The van der Waals surface area contributed by atoms with Crippen LogP contribution in [-0.2, 0) is 4.79 Å². The molecule has 7 heteroatoms. The first kappa shape index (κ1) is 18.6. The Kier molecular flexibility index (Phi) is 5.80. The van der Waals surface area contributed by atoms with Crippen LogP contribution < -0.4 is 20.3 Å². The van der Waals surface area contributed by atoms with Gasteiger partial charge in [0.25, 0.3) is 0 Å². The van der Waals surface area contributed by atoms with Gasteiger partial charge in [-0.1, -0.05) is 0 Å². The fourth-order valence-electron chi connectivity index (χ4n) is 3.00. The van der Waals surface area contributed by atoms with E-state index in [1.54, 1.807) is 7.11 Å². The molecule has 1 saturated heterocycles. The van der Waals surface area contributed by atoms with Crippen LogP contribution in [0.3, 0.4) is 0 Å². The van der Waals surface area contributed by atoms with E-state index in [2.05, 4.69) is 15.5 Å². The maximum atomic E-state index is 12.4. The minimum Gasteiger partial charge on any atom is -0.497 e. The van der Waals surface area contributed by atoms with Crippen molar-refractivity contribution in [2.75, 3.05) is 48.8 Å². The van der Waals surface area contributed by atoms with Gasteiger partial charge in [-0.15, -0.1) is 0 Å². The lowest BCUT2D eigenvalue weighted by atomic mass is 10.2. The lowest BCUT2D eigenvalue weighted by molar-refractivity contribution is -0.114. The third-order valence-electron chi connectivity index (χ3n) is 4.46. The van der Waals surface area contributed by atoms with Crippen LogP contribution in [0.4, 0.5) is 21.9 Å². The molecular weight excluding hydrogens is 344 g/mol. The highest BCUT2D eigenvalue weighted by molar-refractivity contribution is 5.90. The van der Waals surface area contributed by atoms with Crippen molar-refractivity contribution in [3.05, 3.63) is 48.5 Å². The van der Waals surface area contributed by atoms with Gasteiger partial charge in [-0.25, -0.2) is 4.79 Å². The predicted molar refractivity (Wildman–Crippen MR) is 107 cm³/mol. The number of piperazine rings is 1. The fraction of sp³-hybridized carbons (Fsp3) is 0.300. The summed E-state index contributed by atoms with van der Waals surface area (Å²) in [5.41, 5.74) is 2.61. The van der Waals surface area contributed by atoms with Crippen molar-refractivity contribution in [1.29, 1.82) is 0 Å². The Labute approximate surface area is 158 Å². The molecule has 0 atom stereocenters. The summed E-state index contributed by atoms with van der Waals surface area (Å²) in [7, 11) is 1.61. The molecule has 0 saturated carbocycles. The smallest absolute Gasteiger partial charge is 0.321 e. The van der Waals surface area contributed by atoms with E-state index in [0.717, 1.165) is 35.9 Å². The molecule has 2 aromatic carbocycles. The summed E-state index contributed by atoms with van der Waals surface area (Å²) in [6.45, 7) is 4.31. The Morgan fingerprint density at radius 1 is 0.852 bits per heavy atom. The van der Waals surface area contributed by atoms with Gasteiger partial charge in [0.05, 0.1) is 7.11 Å². The van der Waals surface area contributed by atoms with Crippen molar-refractivity contribution in [3.63, 3.8) is 0 Å². The van der Waals surface area contributed by atoms with E-state index in [-0.39, 0.29) is 11.9 Å². The monoisotopic (exact) mass is 368 g/mol. The van der Waals surface area contributed by atoms with E-state index in [4.69, 9.17) is 4.74 Å². The third-order valence-corrected chi connectivity index (χ3v) is 4.46.